The van der Waals surface area contributed by atoms with E-state index in [4.69, 9.17) is 0 Å². The van der Waals surface area contributed by atoms with Gasteiger partial charge in [0.2, 0.25) is 0 Å². The minimum atomic E-state index is 0.664. The Morgan fingerprint density at radius 1 is 1.40 bits per heavy atom. The molecule has 0 spiro atoms. The summed E-state index contributed by atoms with van der Waals surface area (Å²) in [5.74, 6) is 1.89. The molecular weight excluding hydrogens is 250 g/mol. The Morgan fingerprint density at radius 2 is 2.20 bits per heavy atom. The van der Waals surface area contributed by atoms with E-state index in [1.807, 2.05) is 13.0 Å². The topological polar surface area (TPSA) is 44.3 Å². The van der Waals surface area contributed by atoms with E-state index in [0.29, 0.717) is 6.04 Å². The van der Waals surface area contributed by atoms with Gasteiger partial charge in [0.15, 0.2) is 0 Å². The van der Waals surface area contributed by atoms with Gasteiger partial charge < -0.3 is 10.2 Å². The van der Waals surface area contributed by atoms with Gasteiger partial charge in [0.05, 0.1) is 6.54 Å². The maximum Gasteiger partial charge on any atom is 0.144 e. The molecule has 1 N–H and O–H groups in total. The van der Waals surface area contributed by atoms with Gasteiger partial charge in [-0.25, -0.2) is 9.97 Å². The molecule has 1 unspecified atom stereocenters. The second-order valence-electron chi connectivity index (χ2n) is 5.88. The Bertz CT molecular complexity index is 432. The van der Waals surface area contributed by atoms with E-state index >= 15 is 0 Å². The van der Waals surface area contributed by atoms with Crippen LogP contribution in [0.4, 0.5) is 5.82 Å². The molecule has 0 amide bonds. The number of likely N-dealkylation sites (N-methyl/N-ethyl adjacent to an activating group) is 1. The van der Waals surface area contributed by atoms with Crippen molar-refractivity contribution in [2.75, 3.05) is 39.0 Å². The minimum absolute atomic E-state index is 0.664. The van der Waals surface area contributed by atoms with E-state index in [1.54, 1.807) is 0 Å². The molecule has 2 heterocycles. The van der Waals surface area contributed by atoms with Crippen molar-refractivity contribution in [3.05, 3.63) is 17.6 Å². The lowest BCUT2D eigenvalue weighted by molar-refractivity contribution is 0.261. The number of aromatic nitrogens is 2. The number of likely N-dealkylation sites (tertiary alicyclic amines) is 1. The first kappa shape index (κ1) is 15.2. The lowest BCUT2D eigenvalue weighted by atomic mass is 10.2. The molecule has 0 saturated carbocycles. The number of hydrogen-bond acceptors (Lipinski definition) is 5. The van der Waals surface area contributed by atoms with Gasteiger partial charge in [0, 0.05) is 37.4 Å². The summed E-state index contributed by atoms with van der Waals surface area (Å²) in [5, 5.41) is 3.35. The SMILES string of the molecule is CCCNc1cc(C)nc(CN2CCC(N(C)C)C2)n1. The van der Waals surface area contributed by atoms with Crippen molar-refractivity contribution < 1.29 is 0 Å². The molecule has 112 valence electrons. The average Bonchev–Trinajstić information content (AvgIpc) is 2.84. The zero-order valence-corrected chi connectivity index (χ0v) is 13.2. The van der Waals surface area contributed by atoms with Crippen LogP contribution >= 0.6 is 0 Å². The van der Waals surface area contributed by atoms with Gasteiger partial charge >= 0.3 is 0 Å². The lowest BCUT2D eigenvalue weighted by Gasteiger charge is -2.20. The summed E-state index contributed by atoms with van der Waals surface area (Å²) in [6.07, 6.45) is 2.34. The molecule has 0 aromatic carbocycles. The molecule has 20 heavy (non-hydrogen) atoms. The van der Waals surface area contributed by atoms with Gasteiger partial charge in [-0.1, -0.05) is 6.92 Å². The Morgan fingerprint density at radius 3 is 2.85 bits per heavy atom. The number of hydrogen-bond donors (Lipinski definition) is 1. The van der Waals surface area contributed by atoms with E-state index in [1.165, 1.54) is 6.42 Å². The standard InChI is InChI=1S/C15H27N5/c1-5-7-16-14-9-12(2)17-15(18-14)11-20-8-6-13(10-20)19(3)4/h9,13H,5-8,10-11H2,1-4H3,(H,16,17,18). The molecule has 2 rings (SSSR count). The molecule has 1 fully saturated rings. The fourth-order valence-electron chi connectivity index (χ4n) is 2.62. The molecule has 1 aliphatic heterocycles. The van der Waals surface area contributed by atoms with Gasteiger partial charge in [-0.3, -0.25) is 4.90 Å². The first-order chi connectivity index (χ1) is 9.58. The summed E-state index contributed by atoms with van der Waals surface area (Å²) in [7, 11) is 4.31. The second-order valence-corrected chi connectivity index (χ2v) is 5.88. The second kappa shape index (κ2) is 6.99. The predicted molar refractivity (Wildman–Crippen MR) is 82.9 cm³/mol. The molecule has 0 radical (unpaired) electrons. The van der Waals surface area contributed by atoms with Crippen LogP contribution in [0.15, 0.2) is 6.07 Å². The van der Waals surface area contributed by atoms with Crippen LogP contribution in [0.25, 0.3) is 0 Å². The van der Waals surface area contributed by atoms with Crippen molar-refractivity contribution in [1.29, 1.82) is 0 Å². The third-order valence-electron chi connectivity index (χ3n) is 3.80. The van der Waals surface area contributed by atoms with Gasteiger partial charge in [-0.05, 0) is 33.9 Å². The molecule has 5 heteroatoms. The van der Waals surface area contributed by atoms with Crippen LogP contribution in [-0.4, -0.2) is 59.5 Å². The highest BCUT2D eigenvalue weighted by molar-refractivity contribution is 5.35. The zero-order chi connectivity index (χ0) is 14.5. The van der Waals surface area contributed by atoms with Gasteiger partial charge in [0.1, 0.15) is 11.6 Å². The van der Waals surface area contributed by atoms with Crippen molar-refractivity contribution in [2.45, 2.75) is 39.3 Å². The fraction of sp³-hybridized carbons (Fsp3) is 0.733. The van der Waals surface area contributed by atoms with Gasteiger partial charge in [0.25, 0.3) is 0 Å². The third kappa shape index (κ3) is 4.15. The lowest BCUT2D eigenvalue weighted by Crippen LogP contribution is -2.31. The van der Waals surface area contributed by atoms with Gasteiger partial charge in [-0.2, -0.15) is 0 Å². The first-order valence-electron chi connectivity index (χ1n) is 7.55. The average molecular weight is 277 g/mol. The van der Waals surface area contributed by atoms with E-state index in [-0.39, 0.29) is 0 Å². The highest BCUT2D eigenvalue weighted by Gasteiger charge is 2.24. The highest BCUT2D eigenvalue weighted by Crippen LogP contribution is 2.16. The Labute approximate surface area is 122 Å². The van der Waals surface area contributed by atoms with Crippen molar-refractivity contribution in [1.82, 2.24) is 19.8 Å². The van der Waals surface area contributed by atoms with Crippen LogP contribution < -0.4 is 5.32 Å². The number of anilines is 1. The Kier molecular flexibility index (Phi) is 5.31. The zero-order valence-electron chi connectivity index (χ0n) is 13.2. The van der Waals surface area contributed by atoms with Crippen molar-refractivity contribution in [3.63, 3.8) is 0 Å². The number of rotatable bonds is 6. The van der Waals surface area contributed by atoms with Gasteiger partial charge in [-0.15, -0.1) is 0 Å². The summed E-state index contributed by atoms with van der Waals surface area (Å²) < 4.78 is 0. The summed E-state index contributed by atoms with van der Waals surface area (Å²) in [4.78, 5) is 14.0. The van der Waals surface area contributed by atoms with E-state index in [2.05, 4.69) is 46.1 Å². The minimum Gasteiger partial charge on any atom is -0.370 e. The van der Waals surface area contributed by atoms with E-state index in [0.717, 1.165) is 49.9 Å². The molecule has 1 aromatic heterocycles. The smallest absolute Gasteiger partial charge is 0.144 e. The predicted octanol–water partition coefficient (Wildman–Crippen LogP) is 1.74. The first-order valence-corrected chi connectivity index (χ1v) is 7.55. The maximum absolute atomic E-state index is 4.63. The Hall–Kier alpha value is -1.20. The van der Waals surface area contributed by atoms with Crippen LogP contribution in [0.5, 0.6) is 0 Å². The summed E-state index contributed by atoms with van der Waals surface area (Å²) in [6.45, 7) is 8.26. The summed E-state index contributed by atoms with van der Waals surface area (Å²) >= 11 is 0. The van der Waals surface area contributed by atoms with Crippen LogP contribution in [0.3, 0.4) is 0 Å². The Balaban J connectivity index is 1.97. The summed E-state index contributed by atoms with van der Waals surface area (Å²) in [5.41, 5.74) is 1.04. The largest absolute Gasteiger partial charge is 0.370 e. The van der Waals surface area contributed by atoms with E-state index < -0.39 is 0 Å². The van der Waals surface area contributed by atoms with Crippen LogP contribution in [0.1, 0.15) is 31.3 Å². The molecule has 5 nitrogen and oxygen atoms in total. The molecule has 1 atom stereocenters. The van der Waals surface area contributed by atoms with Crippen molar-refractivity contribution >= 4 is 5.82 Å². The third-order valence-corrected chi connectivity index (χ3v) is 3.80. The summed E-state index contributed by atoms with van der Waals surface area (Å²) in [6, 6.07) is 2.68. The molecule has 0 aliphatic carbocycles. The molecule has 0 bridgehead atoms. The quantitative estimate of drug-likeness (QED) is 0.858. The van der Waals surface area contributed by atoms with Crippen LogP contribution in [0.2, 0.25) is 0 Å². The molecular formula is C15H27N5. The maximum atomic E-state index is 4.63. The molecule has 1 saturated heterocycles. The highest BCUT2D eigenvalue weighted by atomic mass is 15.2. The van der Waals surface area contributed by atoms with Crippen LogP contribution in [-0.2, 0) is 6.54 Å². The number of nitrogens with one attached hydrogen (secondary N) is 1. The fourth-order valence-corrected chi connectivity index (χ4v) is 2.62. The number of nitrogens with zero attached hydrogens (tertiary/aromatic N) is 4. The molecule has 1 aromatic rings. The number of aryl methyl sites for hydroxylation is 1. The van der Waals surface area contributed by atoms with Crippen molar-refractivity contribution in [2.24, 2.45) is 0 Å². The van der Waals surface area contributed by atoms with E-state index in [9.17, 15) is 0 Å². The van der Waals surface area contributed by atoms with Crippen LogP contribution in [0, 0.1) is 6.92 Å². The van der Waals surface area contributed by atoms with Crippen molar-refractivity contribution in [3.8, 4) is 0 Å². The normalized spacial score (nSPS) is 19.8. The monoisotopic (exact) mass is 277 g/mol. The molecule has 1 aliphatic rings.